The van der Waals surface area contributed by atoms with Gasteiger partial charge in [0.15, 0.2) is 0 Å². The zero-order valence-electron chi connectivity index (χ0n) is 8.82. The first-order chi connectivity index (χ1) is 6.77. The van der Waals surface area contributed by atoms with Crippen molar-refractivity contribution in [1.29, 1.82) is 0 Å². The maximum absolute atomic E-state index is 10.7. The molecule has 2 N–H and O–H groups in total. The summed E-state index contributed by atoms with van der Waals surface area (Å²) in [6, 6.07) is 0.137. The summed E-state index contributed by atoms with van der Waals surface area (Å²) in [5, 5.41) is 11.9. The van der Waals surface area contributed by atoms with Gasteiger partial charge in [-0.3, -0.25) is 9.69 Å². The summed E-state index contributed by atoms with van der Waals surface area (Å²) in [4.78, 5) is 13.2. The molecule has 2 aliphatic heterocycles. The Morgan fingerprint density at radius 2 is 1.93 bits per heavy atom. The summed E-state index contributed by atoms with van der Waals surface area (Å²) >= 11 is 0. The Kier molecular flexibility index (Phi) is 4.83. The van der Waals surface area contributed by atoms with Crippen molar-refractivity contribution in [2.24, 2.45) is 0 Å². The topological polar surface area (TPSA) is 52.6 Å². The van der Waals surface area contributed by atoms with Crippen LogP contribution in [0.15, 0.2) is 0 Å². The Labute approximate surface area is 96.4 Å². The van der Waals surface area contributed by atoms with Gasteiger partial charge in [0, 0.05) is 12.6 Å². The van der Waals surface area contributed by atoms with Crippen LogP contribution >= 0.6 is 12.4 Å². The molecular formula is C10H19ClN2O2. The maximum atomic E-state index is 10.7. The van der Waals surface area contributed by atoms with Crippen LogP contribution in [0.25, 0.3) is 0 Å². The van der Waals surface area contributed by atoms with Crippen molar-refractivity contribution in [1.82, 2.24) is 10.2 Å². The van der Waals surface area contributed by atoms with Crippen molar-refractivity contribution in [3.8, 4) is 0 Å². The van der Waals surface area contributed by atoms with E-state index in [0.29, 0.717) is 6.04 Å². The normalized spacial score (nSPS) is 32.3. The number of carbonyl (C=O) groups is 1. The van der Waals surface area contributed by atoms with E-state index in [4.69, 9.17) is 5.11 Å². The quantitative estimate of drug-likeness (QED) is 0.739. The fourth-order valence-electron chi connectivity index (χ4n) is 2.47. The molecule has 0 radical (unpaired) electrons. The van der Waals surface area contributed by atoms with Crippen molar-refractivity contribution >= 4 is 18.4 Å². The van der Waals surface area contributed by atoms with Gasteiger partial charge in [-0.1, -0.05) is 6.42 Å². The SMILES string of the molecule is Cl.O=C(O)[C@@H]1C[C@@H](N2CCCCC2)CN1. The molecule has 0 bridgehead atoms. The second kappa shape index (κ2) is 5.68. The van der Waals surface area contributed by atoms with E-state index in [1.807, 2.05) is 0 Å². The number of nitrogens with zero attached hydrogens (tertiary/aromatic N) is 1. The fraction of sp³-hybridized carbons (Fsp3) is 0.900. The highest BCUT2D eigenvalue weighted by Gasteiger charge is 2.32. The standard InChI is InChI=1S/C10H18N2O2.ClH/c13-10(14)9-6-8(7-11-9)12-4-2-1-3-5-12;/h8-9,11H,1-7H2,(H,13,14);1H/t8-,9+;/m1./s1. The molecular weight excluding hydrogens is 216 g/mol. The molecule has 5 heteroatoms. The number of aliphatic carboxylic acids is 1. The third-order valence-corrected chi connectivity index (χ3v) is 3.31. The average molecular weight is 235 g/mol. The predicted molar refractivity (Wildman–Crippen MR) is 60.5 cm³/mol. The van der Waals surface area contributed by atoms with Gasteiger partial charge < -0.3 is 10.4 Å². The number of rotatable bonds is 2. The lowest BCUT2D eigenvalue weighted by Crippen LogP contribution is -2.40. The Bertz CT molecular complexity index is 219. The van der Waals surface area contributed by atoms with Crippen molar-refractivity contribution in [3.05, 3.63) is 0 Å². The summed E-state index contributed by atoms with van der Waals surface area (Å²) in [7, 11) is 0. The van der Waals surface area contributed by atoms with E-state index in [1.54, 1.807) is 0 Å². The van der Waals surface area contributed by atoms with E-state index in [0.717, 1.165) is 26.1 Å². The first kappa shape index (κ1) is 12.7. The van der Waals surface area contributed by atoms with Crippen LogP contribution in [0.3, 0.4) is 0 Å². The van der Waals surface area contributed by atoms with Gasteiger partial charge in [0.05, 0.1) is 0 Å². The Morgan fingerprint density at radius 3 is 2.47 bits per heavy atom. The van der Waals surface area contributed by atoms with E-state index in [-0.39, 0.29) is 18.4 Å². The smallest absolute Gasteiger partial charge is 0.320 e. The van der Waals surface area contributed by atoms with Gasteiger partial charge in [0.25, 0.3) is 0 Å². The number of likely N-dealkylation sites (tertiary alicyclic amines) is 1. The lowest BCUT2D eigenvalue weighted by molar-refractivity contribution is -0.139. The average Bonchev–Trinajstić information content (AvgIpc) is 2.68. The number of piperidine rings is 1. The van der Waals surface area contributed by atoms with Crippen LogP contribution in [0.5, 0.6) is 0 Å². The second-order valence-electron chi connectivity index (χ2n) is 4.29. The van der Waals surface area contributed by atoms with E-state index < -0.39 is 5.97 Å². The first-order valence-corrected chi connectivity index (χ1v) is 5.47. The van der Waals surface area contributed by atoms with Crippen molar-refractivity contribution in [3.63, 3.8) is 0 Å². The lowest BCUT2D eigenvalue weighted by Gasteiger charge is -2.31. The van der Waals surface area contributed by atoms with Crippen LogP contribution in [0, 0.1) is 0 Å². The summed E-state index contributed by atoms with van der Waals surface area (Å²) in [5.41, 5.74) is 0. The molecule has 0 amide bonds. The molecule has 2 rings (SSSR count). The van der Waals surface area contributed by atoms with E-state index >= 15 is 0 Å². The highest BCUT2D eigenvalue weighted by atomic mass is 35.5. The molecule has 4 nitrogen and oxygen atoms in total. The van der Waals surface area contributed by atoms with Crippen molar-refractivity contribution in [2.45, 2.75) is 37.8 Å². The third-order valence-electron chi connectivity index (χ3n) is 3.31. The van der Waals surface area contributed by atoms with E-state index in [9.17, 15) is 4.79 Å². The summed E-state index contributed by atoms with van der Waals surface area (Å²) in [6.45, 7) is 3.15. The first-order valence-electron chi connectivity index (χ1n) is 5.47. The molecule has 0 aromatic heterocycles. The van der Waals surface area contributed by atoms with Gasteiger partial charge in [-0.15, -0.1) is 12.4 Å². The number of hydrogen-bond acceptors (Lipinski definition) is 3. The van der Waals surface area contributed by atoms with Gasteiger partial charge in [-0.05, 0) is 32.4 Å². The van der Waals surface area contributed by atoms with Gasteiger partial charge >= 0.3 is 5.97 Å². The largest absolute Gasteiger partial charge is 0.480 e. The summed E-state index contributed by atoms with van der Waals surface area (Å²) < 4.78 is 0. The van der Waals surface area contributed by atoms with E-state index in [1.165, 1.54) is 19.3 Å². The lowest BCUT2D eigenvalue weighted by atomic mass is 10.1. The minimum absolute atomic E-state index is 0. The number of hydrogen-bond donors (Lipinski definition) is 2. The molecule has 15 heavy (non-hydrogen) atoms. The van der Waals surface area contributed by atoms with Gasteiger partial charge in [0.2, 0.25) is 0 Å². The molecule has 0 saturated carbocycles. The fourth-order valence-corrected chi connectivity index (χ4v) is 2.47. The second-order valence-corrected chi connectivity index (χ2v) is 4.29. The van der Waals surface area contributed by atoms with Crippen LogP contribution in [-0.4, -0.2) is 47.7 Å². The number of carboxylic acids is 1. The number of halogens is 1. The molecule has 2 saturated heterocycles. The van der Waals surface area contributed by atoms with Gasteiger partial charge in [0.1, 0.15) is 6.04 Å². The molecule has 0 spiro atoms. The van der Waals surface area contributed by atoms with Crippen LogP contribution in [0.2, 0.25) is 0 Å². The van der Waals surface area contributed by atoms with Crippen molar-refractivity contribution in [2.75, 3.05) is 19.6 Å². The molecule has 0 aromatic carbocycles. The molecule has 0 unspecified atom stereocenters. The molecule has 2 atom stereocenters. The third kappa shape index (κ3) is 3.06. The minimum atomic E-state index is -0.704. The van der Waals surface area contributed by atoms with Crippen molar-refractivity contribution < 1.29 is 9.90 Å². The highest BCUT2D eigenvalue weighted by Crippen LogP contribution is 2.18. The van der Waals surface area contributed by atoms with Crippen LogP contribution < -0.4 is 5.32 Å². The number of nitrogens with one attached hydrogen (secondary N) is 1. The Hall–Kier alpha value is -0.320. The van der Waals surface area contributed by atoms with Crippen LogP contribution in [0.1, 0.15) is 25.7 Å². The van der Waals surface area contributed by atoms with Gasteiger partial charge in [-0.2, -0.15) is 0 Å². The Balaban J connectivity index is 0.00000112. The minimum Gasteiger partial charge on any atom is -0.480 e. The molecule has 0 aliphatic carbocycles. The highest BCUT2D eigenvalue weighted by molar-refractivity contribution is 5.85. The predicted octanol–water partition coefficient (Wildman–Crippen LogP) is 0.709. The zero-order valence-corrected chi connectivity index (χ0v) is 9.63. The molecule has 88 valence electrons. The maximum Gasteiger partial charge on any atom is 0.320 e. The zero-order chi connectivity index (χ0) is 9.97. The monoisotopic (exact) mass is 234 g/mol. The summed E-state index contributed by atoms with van der Waals surface area (Å²) in [5.74, 6) is -0.704. The van der Waals surface area contributed by atoms with Crippen LogP contribution in [-0.2, 0) is 4.79 Å². The molecule has 2 heterocycles. The van der Waals surface area contributed by atoms with Gasteiger partial charge in [-0.25, -0.2) is 0 Å². The molecule has 2 aliphatic rings. The summed E-state index contributed by atoms with van der Waals surface area (Å²) in [6.07, 6.45) is 4.65. The molecule has 0 aromatic rings. The Morgan fingerprint density at radius 1 is 1.27 bits per heavy atom. The van der Waals surface area contributed by atoms with Crippen LogP contribution in [0.4, 0.5) is 0 Å². The number of carboxylic acid groups (broad SMARTS) is 1. The van der Waals surface area contributed by atoms with E-state index in [2.05, 4.69) is 10.2 Å². The molecule has 2 fully saturated rings.